The number of carbonyl (C=O) groups is 1. The first-order valence-corrected chi connectivity index (χ1v) is 10.4. The van der Waals surface area contributed by atoms with Crippen molar-refractivity contribution in [1.29, 1.82) is 0 Å². The molecule has 1 heterocycles. The summed E-state index contributed by atoms with van der Waals surface area (Å²) in [7, 11) is 0. The minimum Gasteiger partial charge on any atom is -0.490 e. The number of ether oxygens (including phenoxy) is 2. The molecule has 0 unspecified atom stereocenters. The van der Waals surface area contributed by atoms with Crippen molar-refractivity contribution in [3.05, 3.63) is 34.3 Å². The molecular weight excluding hydrogens is 376 g/mol. The van der Waals surface area contributed by atoms with Crippen LogP contribution in [0.3, 0.4) is 0 Å². The van der Waals surface area contributed by atoms with Gasteiger partial charge in [-0.15, -0.1) is 0 Å². The Morgan fingerprint density at radius 3 is 2.79 bits per heavy atom. The maximum atomic E-state index is 12.3. The Morgan fingerprint density at radius 2 is 2.07 bits per heavy atom. The van der Waals surface area contributed by atoms with Gasteiger partial charge in [-0.05, 0) is 43.5 Å². The van der Waals surface area contributed by atoms with Crippen molar-refractivity contribution in [2.75, 3.05) is 18.9 Å². The van der Waals surface area contributed by atoms with Crippen molar-refractivity contribution < 1.29 is 14.3 Å². The van der Waals surface area contributed by atoms with Crippen molar-refractivity contribution in [1.82, 2.24) is 10.4 Å². The molecule has 0 aliphatic heterocycles. The van der Waals surface area contributed by atoms with E-state index in [1.165, 1.54) is 0 Å². The molecule has 0 aliphatic carbocycles. The Hall–Kier alpha value is -2.61. The highest BCUT2D eigenvalue weighted by Gasteiger charge is 2.15. The maximum Gasteiger partial charge on any atom is 0.283 e. The number of unbranched alkanes of at least 4 members (excludes halogenated alkanes) is 2. The van der Waals surface area contributed by atoms with Crippen molar-refractivity contribution >= 4 is 28.6 Å². The third-order valence-corrected chi connectivity index (χ3v) is 4.83. The summed E-state index contributed by atoms with van der Waals surface area (Å²) in [6.45, 7) is 7.21. The zero-order valence-electron chi connectivity index (χ0n) is 16.7. The van der Waals surface area contributed by atoms with Crippen molar-refractivity contribution in [2.45, 2.75) is 46.5 Å². The lowest BCUT2D eigenvalue weighted by Gasteiger charge is -2.12. The fourth-order valence-electron chi connectivity index (χ4n) is 2.53. The molecule has 7 nitrogen and oxygen atoms in total. The normalized spacial score (nSPS) is 11.0. The van der Waals surface area contributed by atoms with Gasteiger partial charge >= 0.3 is 0 Å². The number of nitrogens with two attached hydrogens (primary N) is 1. The molecule has 0 saturated heterocycles. The molecule has 3 N–H and O–H groups in total. The summed E-state index contributed by atoms with van der Waals surface area (Å²) in [6.07, 6.45) is 5.47. The van der Waals surface area contributed by atoms with Crippen LogP contribution in [-0.2, 0) is 6.42 Å². The molecule has 0 bridgehead atoms. The molecule has 8 heteroatoms. The predicted molar refractivity (Wildman–Crippen MR) is 114 cm³/mol. The number of aromatic nitrogens is 1. The lowest BCUT2D eigenvalue weighted by atomic mass is 10.2. The van der Waals surface area contributed by atoms with Gasteiger partial charge in [0.05, 0.1) is 25.1 Å². The summed E-state index contributed by atoms with van der Waals surface area (Å²) >= 11 is 1.16. The van der Waals surface area contributed by atoms with Crippen LogP contribution in [0.5, 0.6) is 11.5 Å². The Kier molecular flexibility index (Phi) is 8.74. The van der Waals surface area contributed by atoms with Crippen LogP contribution in [0.25, 0.3) is 0 Å². The number of carbonyl (C=O) groups excluding carboxylic acids is 1. The van der Waals surface area contributed by atoms with E-state index in [1.807, 2.05) is 32.0 Å². The maximum absolute atomic E-state index is 12.3. The second-order valence-corrected chi connectivity index (χ2v) is 7.11. The molecule has 28 heavy (non-hydrogen) atoms. The highest BCUT2D eigenvalue weighted by atomic mass is 32.1. The molecular formula is C20H28N4O3S. The fraction of sp³-hybridized carbons (Fsp3) is 0.450. The van der Waals surface area contributed by atoms with Gasteiger partial charge in [0.25, 0.3) is 5.91 Å². The van der Waals surface area contributed by atoms with Crippen LogP contribution in [0, 0.1) is 0 Å². The zero-order chi connectivity index (χ0) is 20.4. The largest absolute Gasteiger partial charge is 0.490 e. The SMILES string of the molecule is CCCCCOc1cc(C=NNC(=O)c2sc(N)nc2CC)ccc1OCC. The monoisotopic (exact) mass is 404 g/mol. The smallest absolute Gasteiger partial charge is 0.283 e. The minimum atomic E-state index is -0.315. The van der Waals surface area contributed by atoms with E-state index in [0.29, 0.717) is 46.8 Å². The summed E-state index contributed by atoms with van der Waals surface area (Å²) in [5, 5.41) is 4.42. The Labute approximate surface area is 170 Å². The first kappa shape index (κ1) is 21.7. The summed E-state index contributed by atoms with van der Waals surface area (Å²) in [6, 6.07) is 5.57. The van der Waals surface area contributed by atoms with E-state index in [-0.39, 0.29) is 5.91 Å². The first-order chi connectivity index (χ1) is 13.6. The third-order valence-electron chi connectivity index (χ3n) is 3.91. The van der Waals surface area contributed by atoms with Gasteiger partial charge in [0, 0.05) is 0 Å². The predicted octanol–water partition coefficient (Wildman–Crippen LogP) is 4.02. The quantitative estimate of drug-likeness (QED) is 0.335. The molecule has 2 rings (SSSR count). The lowest BCUT2D eigenvalue weighted by Crippen LogP contribution is -2.17. The molecule has 1 aromatic heterocycles. The highest BCUT2D eigenvalue weighted by Crippen LogP contribution is 2.28. The summed E-state index contributed by atoms with van der Waals surface area (Å²) < 4.78 is 11.5. The standard InChI is InChI=1S/C20H28N4O3S/c1-4-7-8-11-27-17-12-14(9-10-16(17)26-6-3)13-22-24-19(25)18-15(5-2)23-20(21)28-18/h9-10,12-13H,4-8,11H2,1-3H3,(H2,21,23)(H,24,25). The van der Waals surface area contributed by atoms with Gasteiger partial charge in [-0.25, -0.2) is 10.4 Å². The zero-order valence-corrected chi connectivity index (χ0v) is 17.5. The van der Waals surface area contributed by atoms with Crippen LogP contribution < -0.4 is 20.6 Å². The van der Waals surface area contributed by atoms with E-state index >= 15 is 0 Å². The Balaban J connectivity index is 2.04. The van der Waals surface area contributed by atoms with Gasteiger partial charge in [0.1, 0.15) is 4.88 Å². The first-order valence-electron chi connectivity index (χ1n) is 9.57. The number of hydrazone groups is 1. The van der Waals surface area contributed by atoms with Crippen molar-refractivity contribution in [3.63, 3.8) is 0 Å². The second-order valence-electron chi connectivity index (χ2n) is 6.08. The van der Waals surface area contributed by atoms with Gasteiger partial charge in [0.15, 0.2) is 16.6 Å². The average molecular weight is 405 g/mol. The highest BCUT2D eigenvalue weighted by molar-refractivity contribution is 7.17. The van der Waals surface area contributed by atoms with Crippen molar-refractivity contribution in [2.24, 2.45) is 5.10 Å². The van der Waals surface area contributed by atoms with Crippen molar-refractivity contribution in [3.8, 4) is 11.5 Å². The number of nitrogen functional groups attached to an aromatic ring is 1. The minimum absolute atomic E-state index is 0.315. The number of aryl methyl sites for hydroxylation is 1. The molecule has 0 atom stereocenters. The van der Waals surface area contributed by atoms with Gasteiger partial charge < -0.3 is 15.2 Å². The fourth-order valence-corrected chi connectivity index (χ4v) is 3.34. The molecule has 152 valence electrons. The average Bonchev–Trinajstić information content (AvgIpc) is 3.08. The number of benzene rings is 1. The molecule has 0 radical (unpaired) electrons. The molecule has 0 fully saturated rings. The molecule has 0 saturated carbocycles. The van der Waals surface area contributed by atoms with Crippen LogP contribution in [0.4, 0.5) is 5.13 Å². The second kappa shape index (κ2) is 11.3. The van der Waals surface area contributed by atoms with E-state index in [2.05, 4.69) is 22.4 Å². The Bertz CT molecular complexity index is 805. The van der Waals surface area contributed by atoms with Crippen LogP contribution in [0.15, 0.2) is 23.3 Å². The van der Waals surface area contributed by atoms with E-state index in [1.54, 1.807) is 6.21 Å². The van der Waals surface area contributed by atoms with Gasteiger partial charge in [-0.2, -0.15) is 5.10 Å². The summed E-state index contributed by atoms with van der Waals surface area (Å²) in [5.41, 5.74) is 9.70. The Morgan fingerprint density at radius 1 is 1.25 bits per heavy atom. The van der Waals surface area contributed by atoms with Crippen LogP contribution in [-0.4, -0.2) is 30.3 Å². The number of nitrogens with zero attached hydrogens (tertiary/aromatic N) is 2. The number of anilines is 1. The number of thiazole rings is 1. The van der Waals surface area contributed by atoms with Gasteiger partial charge in [-0.1, -0.05) is 38.0 Å². The van der Waals surface area contributed by atoms with Crippen LogP contribution in [0.1, 0.15) is 61.0 Å². The van der Waals surface area contributed by atoms with Gasteiger partial charge in [-0.3, -0.25) is 4.79 Å². The molecule has 1 aromatic carbocycles. The van der Waals surface area contributed by atoms with E-state index in [4.69, 9.17) is 15.2 Å². The molecule has 0 spiro atoms. The van der Waals surface area contributed by atoms with Crippen LogP contribution >= 0.6 is 11.3 Å². The molecule has 1 amide bonds. The number of amides is 1. The number of rotatable bonds is 11. The van der Waals surface area contributed by atoms with Gasteiger partial charge in [0.2, 0.25) is 0 Å². The number of nitrogens with one attached hydrogen (secondary N) is 1. The topological polar surface area (TPSA) is 98.8 Å². The third kappa shape index (κ3) is 6.23. The van der Waals surface area contributed by atoms with E-state index in [9.17, 15) is 4.79 Å². The van der Waals surface area contributed by atoms with Crippen LogP contribution in [0.2, 0.25) is 0 Å². The van der Waals surface area contributed by atoms with E-state index in [0.717, 1.165) is 36.2 Å². The van der Waals surface area contributed by atoms with E-state index < -0.39 is 0 Å². The molecule has 0 aliphatic rings. The number of hydrogen-bond donors (Lipinski definition) is 2. The lowest BCUT2D eigenvalue weighted by molar-refractivity contribution is 0.0958. The summed E-state index contributed by atoms with van der Waals surface area (Å²) in [4.78, 5) is 16.9. The molecule has 2 aromatic rings. The summed E-state index contributed by atoms with van der Waals surface area (Å²) in [5.74, 6) is 1.06. The number of hydrogen-bond acceptors (Lipinski definition) is 7.